The number of nitrogens with two attached hydrogens (primary N) is 1. The molecule has 17 heavy (non-hydrogen) atoms. The number of anilines is 2. The molecule has 2 nitrogen and oxygen atoms in total. The Hall–Kier alpha value is -1.62. The highest BCUT2D eigenvalue weighted by molar-refractivity contribution is 7.09. The maximum absolute atomic E-state index is 13.1. The van der Waals surface area contributed by atoms with Crippen LogP contribution in [0.3, 0.4) is 0 Å². The zero-order chi connectivity index (χ0) is 12.3. The fourth-order valence-corrected chi connectivity index (χ4v) is 2.22. The number of halogens is 2. The molecule has 0 spiro atoms. The first-order chi connectivity index (χ1) is 8.16. The molecule has 1 aromatic heterocycles. The third-order valence-electron chi connectivity index (χ3n) is 2.36. The van der Waals surface area contributed by atoms with Gasteiger partial charge >= 0.3 is 0 Å². The van der Waals surface area contributed by atoms with E-state index in [0.29, 0.717) is 12.2 Å². The molecule has 0 aliphatic carbocycles. The number of hydrogen-bond donors (Lipinski definition) is 2. The molecule has 0 amide bonds. The van der Waals surface area contributed by atoms with E-state index in [-0.39, 0.29) is 5.69 Å². The molecule has 0 fully saturated rings. The fraction of sp³-hybridized carbons (Fsp3) is 0.167. The Bertz CT molecular complexity index is 497. The van der Waals surface area contributed by atoms with E-state index in [2.05, 4.69) is 5.32 Å². The molecule has 90 valence electrons. The molecule has 0 unspecified atom stereocenters. The molecule has 1 heterocycles. The average molecular weight is 254 g/mol. The molecule has 3 N–H and O–H groups in total. The van der Waals surface area contributed by atoms with Crippen LogP contribution in [-0.4, -0.2) is 6.54 Å². The Morgan fingerprint density at radius 1 is 1.29 bits per heavy atom. The first-order valence-electron chi connectivity index (χ1n) is 5.17. The van der Waals surface area contributed by atoms with E-state index in [1.165, 1.54) is 10.9 Å². The van der Waals surface area contributed by atoms with Gasteiger partial charge in [-0.2, -0.15) is 0 Å². The first kappa shape index (κ1) is 11.9. The van der Waals surface area contributed by atoms with Crippen LogP contribution in [0, 0.1) is 11.6 Å². The highest BCUT2D eigenvalue weighted by Crippen LogP contribution is 2.23. The second-order valence-electron chi connectivity index (χ2n) is 3.60. The van der Waals surface area contributed by atoms with Crippen molar-refractivity contribution in [2.75, 3.05) is 17.6 Å². The molecule has 0 atom stereocenters. The van der Waals surface area contributed by atoms with Gasteiger partial charge in [-0.15, -0.1) is 11.3 Å². The van der Waals surface area contributed by atoms with Gasteiger partial charge in [0.2, 0.25) is 0 Å². The Labute approximate surface area is 102 Å². The van der Waals surface area contributed by atoms with Crippen molar-refractivity contribution >= 4 is 22.7 Å². The van der Waals surface area contributed by atoms with Crippen LogP contribution in [0.1, 0.15) is 4.88 Å². The van der Waals surface area contributed by atoms with Crippen molar-refractivity contribution in [3.63, 3.8) is 0 Å². The maximum Gasteiger partial charge on any atom is 0.151 e. The van der Waals surface area contributed by atoms with Crippen molar-refractivity contribution in [1.82, 2.24) is 0 Å². The Balaban J connectivity index is 1.99. The summed E-state index contributed by atoms with van der Waals surface area (Å²) >= 11 is 1.65. The van der Waals surface area contributed by atoms with Crippen molar-refractivity contribution in [2.45, 2.75) is 6.42 Å². The van der Waals surface area contributed by atoms with Crippen LogP contribution in [-0.2, 0) is 6.42 Å². The molecule has 0 aliphatic rings. The van der Waals surface area contributed by atoms with Gasteiger partial charge in [0, 0.05) is 17.5 Å². The summed E-state index contributed by atoms with van der Waals surface area (Å²) in [4.78, 5) is 1.22. The van der Waals surface area contributed by atoms with Crippen molar-refractivity contribution in [3.05, 3.63) is 46.2 Å². The van der Waals surface area contributed by atoms with Crippen LogP contribution < -0.4 is 11.1 Å². The second kappa shape index (κ2) is 5.14. The van der Waals surface area contributed by atoms with Crippen molar-refractivity contribution in [2.24, 2.45) is 0 Å². The summed E-state index contributed by atoms with van der Waals surface area (Å²) in [5.74, 6) is -1.36. The third-order valence-corrected chi connectivity index (χ3v) is 3.30. The van der Waals surface area contributed by atoms with Gasteiger partial charge in [-0.3, -0.25) is 0 Å². The Kier molecular flexibility index (Phi) is 3.58. The topological polar surface area (TPSA) is 38.0 Å². The van der Waals surface area contributed by atoms with Crippen LogP contribution in [0.25, 0.3) is 0 Å². The first-order valence-corrected chi connectivity index (χ1v) is 6.05. The lowest BCUT2D eigenvalue weighted by molar-refractivity contribution is 0.587. The number of nitrogen functional groups attached to an aromatic ring is 1. The quantitative estimate of drug-likeness (QED) is 0.822. The van der Waals surface area contributed by atoms with Gasteiger partial charge in [0.05, 0.1) is 11.4 Å². The van der Waals surface area contributed by atoms with Crippen molar-refractivity contribution in [3.8, 4) is 0 Å². The van der Waals surface area contributed by atoms with E-state index >= 15 is 0 Å². The predicted octanol–water partition coefficient (Wildman–Crippen LogP) is 3.26. The molecule has 2 aromatic rings. The van der Waals surface area contributed by atoms with Gasteiger partial charge in [-0.05, 0) is 23.9 Å². The average Bonchev–Trinajstić information content (AvgIpc) is 2.78. The Morgan fingerprint density at radius 3 is 2.82 bits per heavy atom. The highest BCUT2D eigenvalue weighted by atomic mass is 32.1. The van der Waals surface area contributed by atoms with E-state index in [4.69, 9.17) is 5.73 Å². The van der Waals surface area contributed by atoms with Crippen LogP contribution >= 0.6 is 11.3 Å². The summed E-state index contributed by atoms with van der Waals surface area (Å²) in [6, 6.07) is 5.96. The summed E-state index contributed by atoms with van der Waals surface area (Å²) in [6.07, 6.45) is 0.801. The monoisotopic (exact) mass is 254 g/mol. The molecule has 5 heteroatoms. The lowest BCUT2D eigenvalue weighted by atomic mass is 10.2. The lowest BCUT2D eigenvalue weighted by Crippen LogP contribution is -2.07. The molecule has 0 aliphatic heterocycles. The molecule has 1 aromatic carbocycles. The van der Waals surface area contributed by atoms with Crippen LogP contribution in [0.2, 0.25) is 0 Å². The SMILES string of the molecule is Nc1c(F)cc(F)cc1NCCc1cccs1. The number of hydrogen-bond acceptors (Lipinski definition) is 3. The minimum atomic E-state index is -0.733. The van der Waals surface area contributed by atoms with Crippen LogP contribution in [0.4, 0.5) is 20.2 Å². The van der Waals surface area contributed by atoms with Gasteiger partial charge in [0.15, 0.2) is 5.82 Å². The number of nitrogens with one attached hydrogen (secondary N) is 1. The van der Waals surface area contributed by atoms with E-state index in [1.54, 1.807) is 11.3 Å². The number of benzene rings is 1. The molecule has 0 saturated carbocycles. The van der Waals surface area contributed by atoms with E-state index in [0.717, 1.165) is 12.5 Å². The molecule has 2 rings (SSSR count). The minimum Gasteiger partial charge on any atom is -0.395 e. The maximum atomic E-state index is 13.1. The van der Waals surface area contributed by atoms with Crippen LogP contribution in [0.5, 0.6) is 0 Å². The van der Waals surface area contributed by atoms with Gasteiger partial charge < -0.3 is 11.1 Å². The van der Waals surface area contributed by atoms with Gasteiger partial charge in [-0.25, -0.2) is 8.78 Å². The minimum absolute atomic E-state index is 0.0439. The van der Waals surface area contributed by atoms with Crippen molar-refractivity contribution < 1.29 is 8.78 Å². The zero-order valence-corrected chi connectivity index (χ0v) is 9.86. The van der Waals surface area contributed by atoms with E-state index < -0.39 is 11.6 Å². The van der Waals surface area contributed by atoms with Crippen LogP contribution in [0.15, 0.2) is 29.6 Å². The molecule has 0 bridgehead atoms. The zero-order valence-electron chi connectivity index (χ0n) is 9.04. The lowest BCUT2D eigenvalue weighted by Gasteiger charge is -2.09. The summed E-state index contributed by atoms with van der Waals surface area (Å²) < 4.78 is 26.1. The molecule has 0 radical (unpaired) electrons. The predicted molar refractivity (Wildman–Crippen MR) is 67.3 cm³/mol. The van der Waals surface area contributed by atoms with E-state index in [1.807, 2.05) is 17.5 Å². The smallest absolute Gasteiger partial charge is 0.151 e. The second-order valence-corrected chi connectivity index (χ2v) is 4.64. The summed E-state index contributed by atoms with van der Waals surface area (Å²) in [6.45, 7) is 0.591. The summed E-state index contributed by atoms with van der Waals surface area (Å²) in [5.41, 5.74) is 5.77. The highest BCUT2D eigenvalue weighted by Gasteiger charge is 2.07. The summed E-state index contributed by atoms with van der Waals surface area (Å²) in [7, 11) is 0. The van der Waals surface area contributed by atoms with Gasteiger partial charge in [0.1, 0.15) is 5.82 Å². The normalized spacial score (nSPS) is 10.5. The van der Waals surface area contributed by atoms with Gasteiger partial charge in [-0.1, -0.05) is 6.07 Å². The number of thiophene rings is 1. The van der Waals surface area contributed by atoms with Crippen molar-refractivity contribution in [1.29, 1.82) is 0 Å². The number of rotatable bonds is 4. The fourth-order valence-electron chi connectivity index (χ4n) is 1.51. The Morgan fingerprint density at radius 2 is 2.12 bits per heavy atom. The molecule has 0 saturated heterocycles. The summed E-state index contributed by atoms with van der Waals surface area (Å²) in [5, 5.41) is 4.93. The largest absolute Gasteiger partial charge is 0.395 e. The van der Waals surface area contributed by atoms with Gasteiger partial charge in [0.25, 0.3) is 0 Å². The molecular weight excluding hydrogens is 242 g/mol. The third kappa shape index (κ3) is 2.94. The molecular formula is C12H12F2N2S. The standard InChI is InChI=1S/C12H12F2N2S/c13-8-6-10(14)12(15)11(7-8)16-4-3-9-2-1-5-17-9/h1-2,5-7,16H,3-4,15H2. The van der Waals surface area contributed by atoms with E-state index in [9.17, 15) is 8.78 Å².